The molecule has 0 radical (unpaired) electrons. The number of rotatable bonds is 7. The summed E-state index contributed by atoms with van der Waals surface area (Å²) in [5, 5.41) is 30.9. The number of hydrogen-bond donors (Lipinski definition) is 0. The summed E-state index contributed by atoms with van der Waals surface area (Å²) in [6.07, 6.45) is 9.86. The predicted molar refractivity (Wildman–Crippen MR) is 255 cm³/mol. The zero-order chi connectivity index (χ0) is 41.5. The fraction of sp³-hybridized carbons (Fsp3) is 0.0357. The van der Waals surface area contributed by atoms with E-state index in [0.717, 1.165) is 83.9 Å². The largest absolute Gasteiger partial charge is 0.309 e. The second kappa shape index (κ2) is 15.4. The molecule has 5 heteroatoms. The number of hydrogen-bond acceptors (Lipinski definition) is 2. The number of benzene rings is 8. The Balaban J connectivity index is 0.000000510. The molecule has 0 fully saturated rings. The van der Waals surface area contributed by atoms with Crippen molar-refractivity contribution >= 4 is 76.2 Å². The monoisotopic (exact) mass is 781 g/mol. The van der Waals surface area contributed by atoms with Gasteiger partial charge in [0.05, 0.1) is 55.6 Å². The van der Waals surface area contributed by atoms with E-state index in [4.69, 9.17) is 0 Å². The minimum Gasteiger partial charge on any atom is -0.309 e. The van der Waals surface area contributed by atoms with Crippen LogP contribution in [0.3, 0.4) is 0 Å². The van der Waals surface area contributed by atoms with Gasteiger partial charge < -0.3 is 13.7 Å². The van der Waals surface area contributed by atoms with E-state index in [9.17, 15) is 10.5 Å². The number of unbranched alkanes of at least 4 members (excludes halogenated alkanes) is 1. The average molecular weight is 782 g/mol. The lowest BCUT2D eigenvalue weighted by molar-refractivity contribution is 1.06. The third-order valence-electron chi connectivity index (χ3n) is 11.7. The van der Waals surface area contributed by atoms with Gasteiger partial charge in [-0.3, -0.25) is 0 Å². The van der Waals surface area contributed by atoms with Gasteiger partial charge in [-0.1, -0.05) is 134 Å². The third-order valence-corrected chi connectivity index (χ3v) is 11.7. The zero-order valence-electron chi connectivity index (χ0n) is 33.5. The molecule has 5 nitrogen and oxygen atoms in total. The van der Waals surface area contributed by atoms with Crippen molar-refractivity contribution in [3.05, 3.63) is 212 Å². The molecule has 0 aliphatic rings. The van der Waals surface area contributed by atoms with Gasteiger partial charge in [0, 0.05) is 38.0 Å². The SMILES string of the molecule is C=C/C=C\CCC=C.N#Cc1c(-n2c3ccccc3c3ccccc32)ccc(-n2c3ccc(-n4c5ccccc5c5ccccc54)cc3c3c4ccccc4ccc32)c1C#N. The molecule has 0 unspecified atom stereocenters. The van der Waals surface area contributed by atoms with Crippen molar-refractivity contribution in [2.24, 2.45) is 0 Å². The number of nitrogens with zero attached hydrogens (tertiary/aromatic N) is 5. The maximum atomic E-state index is 10.9. The standard InChI is InChI=1S/C48H27N5.C8H12/c49-28-38-39(29-50)46(26-25-45(38)52-42-19-9-5-15-35(42)36-16-6-10-20-43(36)52)53-44-24-22-31(27-37(44)48-32-12-2-1-11-30(32)21-23-47(48)53)51-40-17-7-3-13-33(40)34-14-4-8-18-41(34)51;1-3-5-7-8-6-4-2/h1-27H;3-5,7H,1-2,6,8H2/b;7-5-. The lowest BCUT2D eigenvalue weighted by Crippen LogP contribution is -2.05. The minimum absolute atomic E-state index is 0.338. The van der Waals surface area contributed by atoms with Crippen molar-refractivity contribution < 1.29 is 0 Å². The number of fused-ring (bicyclic) bond motifs is 11. The van der Waals surface area contributed by atoms with E-state index in [-0.39, 0.29) is 0 Å². The van der Waals surface area contributed by atoms with Gasteiger partial charge in [-0.25, -0.2) is 0 Å². The Morgan fingerprint density at radius 3 is 1.43 bits per heavy atom. The molecule has 0 amide bonds. The van der Waals surface area contributed by atoms with Crippen LogP contribution in [0.15, 0.2) is 201 Å². The van der Waals surface area contributed by atoms with Crippen LogP contribution in [0.4, 0.5) is 0 Å². The normalized spacial score (nSPS) is 11.4. The van der Waals surface area contributed by atoms with Crippen LogP contribution in [0.1, 0.15) is 24.0 Å². The van der Waals surface area contributed by atoms with E-state index in [1.807, 2.05) is 48.6 Å². The van der Waals surface area contributed by atoms with E-state index >= 15 is 0 Å². The van der Waals surface area contributed by atoms with E-state index in [1.54, 1.807) is 6.08 Å². The molecule has 61 heavy (non-hydrogen) atoms. The quantitative estimate of drug-likeness (QED) is 0.0918. The van der Waals surface area contributed by atoms with Crippen molar-refractivity contribution in [3.8, 4) is 29.2 Å². The van der Waals surface area contributed by atoms with Crippen molar-refractivity contribution in [2.45, 2.75) is 12.8 Å². The molecular weight excluding hydrogens is 743 g/mol. The van der Waals surface area contributed by atoms with Gasteiger partial charge in [-0.15, -0.1) is 6.58 Å². The molecule has 3 heterocycles. The minimum atomic E-state index is 0.338. The Hall–Kier alpha value is -8.38. The maximum absolute atomic E-state index is 10.9. The molecule has 8 aromatic carbocycles. The first-order valence-electron chi connectivity index (χ1n) is 20.5. The number of aromatic nitrogens is 3. The van der Waals surface area contributed by atoms with E-state index in [1.165, 1.54) is 10.8 Å². The van der Waals surface area contributed by atoms with Gasteiger partial charge >= 0.3 is 0 Å². The van der Waals surface area contributed by atoms with Gasteiger partial charge in [-0.05, 0) is 84.3 Å². The Bertz CT molecular complexity index is 3560. The predicted octanol–water partition coefficient (Wildman–Crippen LogP) is 14.6. The van der Waals surface area contributed by atoms with Gasteiger partial charge in [0.15, 0.2) is 0 Å². The molecule has 0 N–H and O–H groups in total. The molecule has 0 saturated carbocycles. The highest BCUT2D eigenvalue weighted by Gasteiger charge is 2.23. The Kier molecular flexibility index (Phi) is 9.33. The fourth-order valence-electron chi connectivity index (χ4n) is 9.15. The molecule has 0 saturated heterocycles. The highest BCUT2D eigenvalue weighted by atomic mass is 15.0. The fourth-order valence-corrected chi connectivity index (χ4v) is 9.15. The molecule has 0 atom stereocenters. The molecule has 11 rings (SSSR count). The van der Waals surface area contributed by atoms with Crippen molar-refractivity contribution in [2.75, 3.05) is 0 Å². The summed E-state index contributed by atoms with van der Waals surface area (Å²) in [5.74, 6) is 0. The third kappa shape index (κ3) is 5.91. The molecule has 0 bridgehead atoms. The average Bonchev–Trinajstić information content (AvgIpc) is 3.96. The van der Waals surface area contributed by atoms with Crippen LogP contribution in [0.5, 0.6) is 0 Å². The van der Waals surface area contributed by atoms with Crippen molar-refractivity contribution in [1.82, 2.24) is 13.7 Å². The molecular formula is C56H39N5. The summed E-state index contributed by atoms with van der Waals surface area (Å²) in [7, 11) is 0. The summed E-state index contributed by atoms with van der Waals surface area (Å²) in [6.45, 7) is 7.14. The molecule has 11 aromatic rings. The topological polar surface area (TPSA) is 62.4 Å². The van der Waals surface area contributed by atoms with Crippen LogP contribution in [0, 0.1) is 22.7 Å². The van der Waals surface area contributed by atoms with Gasteiger partial charge in [0.25, 0.3) is 0 Å². The first-order chi connectivity index (χ1) is 30.2. The lowest BCUT2D eigenvalue weighted by Gasteiger charge is -2.16. The summed E-state index contributed by atoms with van der Waals surface area (Å²) in [4.78, 5) is 0. The van der Waals surface area contributed by atoms with Crippen LogP contribution >= 0.6 is 0 Å². The molecule has 0 aliphatic carbocycles. The summed E-state index contributed by atoms with van der Waals surface area (Å²) in [5.41, 5.74) is 9.31. The second-order valence-corrected chi connectivity index (χ2v) is 15.1. The highest BCUT2D eigenvalue weighted by molar-refractivity contribution is 6.22. The first kappa shape index (κ1) is 36.9. The summed E-state index contributed by atoms with van der Waals surface area (Å²) in [6, 6.07) is 61.9. The number of allylic oxidation sites excluding steroid dienone is 4. The molecule has 3 aromatic heterocycles. The van der Waals surface area contributed by atoms with Crippen molar-refractivity contribution in [1.29, 1.82) is 10.5 Å². The summed E-state index contributed by atoms with van der Waals surface area (Å²) < 4.78 is 6.63. The second-order valence-electron chi connectivity index (χ2n) is 15.1. The van der Waals surface area contributed by atoms with E-state index < -0.39 is 0 Å². The highest BCUT2D eigenvalue weighted by Crippen LogP contribution is 2.42. The van der Waals surface area contributed by atoms with Gasteiger partial charge in [0.1, 0.15) is 12.1 Å². The zero-order valence-corrected chi connectivity index (χ0v) is 33.5. The van der Waals surface area contributed by atoms with E-state index in [0.29, 0.717) is 22.5 Å². The number of nitriles is 2. The molecule has 288 valence electrons. The lowest BCUT2D eigenvalue weighted by atomic mass is 10.0. The first-order valence-corrected chi connectivity index (χ1v) is 20.5. The van der Waals surface area contributed by atoms with Crippen LogP contribution in [-0.4, -0.2) is 13.7 Å². The summed E-state index contributed by atoms with van der Waals surface area (Å²) >= 11 is 0. The molecule has 0 aliphatic heterocycles. The molecule has 0 spiro atoms. The van der Waals surface area contributed by atoms with Gasteiger partial charge in [0.2, 0.25) is 0 Å². The van der Waals surface area contributed by atoms with Crippen LogP contribution in [0.2, 0.25) is 0 Å². The van der Waals surface area contributed by atoms with Crippen LogP contribution in [0.25, 0.3) is 93.3 Å². The van der Waals surface area contributed by atoms with Crippen LogP contribution in [-0.2, 0) is 0 Å². The number of para-hydroxylation sites is 4. The van der Waals surface area contributed by atoms with Crippen LogP contribution < -0.4 is 0 Å². The van der Waals surface area contributed by atoms with Crippen molar-refractivity contribution in [3.63, 3.8) is 0 Å². The Labute approximate surface area is 353 Å². The smallest absolute Gasteiger partial charge is 0.103 e. The van der Waals surface area contributed by atoms with Gasteiger partial charge in [-0.2, -0.15) is 10.5 Å². The van der Waals surface area contributed by atoms with E-state index in [2.05, 4.69) is 172 Å². The maximum Gasteiger partial charge on any atom is 0.103 e. The Morgan fingerprint density at radius 1 is 0.443 bits per heavy atom. The Morgan fingerprint density at radius 2 is 0.902 bits per heavy atom.